The van der Waals surface area contributed by atoms with Gasteiger partial charge in [-0.05, 0) is 74.1 Å². The number of nitriles is 1. The highest BCUT2D eigenvalue weighted by molar-refractivity contribution is 5.80. The number of carboxylic acids is 1. The van der Waals surface area contributed by atoms with Crippen LogP contribution in [-0.4, -0.2) is 17.2 Å². The summed E-state index contributed by atoms with van der Waals surface area (Å²) in [5.74, 6) is -0.337. The van der Waals surface area contributed by atoms with Crippen LogP contribution in [0, 0.1) is 11.3 Å². The predicted molar refractivity (Wildman–Crippen MR) is 104 cm³/mol. The highest BCUT2D eigenvalue weighted by atomic mass is 16.5. The summed E-state index contributed by atoms with van der Waals surface area (Å²) < 4.78 is 6.16. The third-order valence-electron chi connectivity index (χ3n) is 4.96. The van der Waals surface area contributed by atoms with Crippen molar-refractivity contribution in [3.8, 4) is 11.8 Å². The molecule has 0 spiro atoms. The van der Waals surface area contributed by atoms with E-state index < -0.39 is 12.0 Å². The first-order valence-electron chi connectivity index (χ1n) is 9.39. The lowest BCUT2D eigenvalue weighted by atomic mass is 10.0. The number of benzene rings is 2. The van der Waals surface area contributed by atoms with Crippen molar-refractivity contribution in [1.82, 2.24) is 0 Å². The quantitative estimate of drug-likeness (QED) is 0.745. The fraction of sp³-hybridized carbons (Fsp3) is 0.364. The van der Waals surface area contributed by atoms with Crippen LogP contribution in [-0.2, 0) is 11.2 Å². The largest absolute Gasteiger partial charge is 0.490 e. The van der Waals surface area contributed by atoms with Gasteiger partial charge < -0.3 is 15.2 Å². The van der Waals surface area contributed by atoms with Crippen LogP contribution in [0.4, 0.5) is 5.69 Å². The number of nitrogens with one attached hydrogen (secondary N) is 1. The summed E-state index contributed by atoms with van der Waals surface area (Å²) in [6.07, 6.45) is 5.30. The zero-order valence-electron chi connectivity index (χ0n) is 15.4. The van der Waals surface area contributed by atoms with Gasteiger partial charge in [-0.15, -0.1) is 0 Å². The lowest BCUT2D eigenvalue weighted by molar-refractivity contribution is -0.138. The van der Waals surface area contributed by atoms with Crippen LogP contribution in [0.2, 0.25) is 0 Å². The molecule has 0 bridgehead atoms. The SMILES string of the molecule is CCc1ccc(OC2CCCC2)c(C(Nc2ccc(C#N)cc2)C(=O)O)c1. The van der Waals surface area contributed by atoms with E-state index >= 15 is 0 Å². The van der Waals surface area contributed by atoms with Crippen molar-refractivity contribution in [3.63, 3.8) is 0 Å². The molecule has 2 N–H and O–H groups in total. The molecule has 1 unspecified atom stereocenters. The maximum absolute atomic E-state index is 12.0. The Morgan fingerprint density at radius 3 is 2.56 bits per heavy atom. The summed E-state index contributed by atoms with van der Waals surface area (Å²) in [6.45, 7) is 2.04. The molecule has 1 atom stereocenters. The Balaban J connectivity index is 1.92. The standard InChI is InChI=1S/C22H24N2O3/c1-2-15-9-12-20(27-18-5-3-4-6-18)19(13-15)21(22(25)26)24-17-10-7-16(14-23)8-11-17/h7-13,18,21,24H,2-6H2,1H3,(H,25,26). The molecular weight excluding hydrogens is 340 g/mol. The monoisotopic (exact) mass is 364 g/mol. The fourth-order valence-corrected chi connectivity index (χ4v) is 3.42. The third-order valence-corrected chi connectivity index (χ3v) is 4.96. The van der Waals surface area contributed by atoms with E-state index in [9.17, 15) is 9.90 Å². The molecule has 1 aliphatic rings. The average molecular weight is 364 g/mol. The minimum atomic E-state index is -0.969. The second kappa shape index (κ2) is 8.59. The topological polar surface area (TPSA) is 82.3 Å². The minimum absolute atomic E-state index is 0.153. The third kappa shape index (κ3) is 4.59. The Morgan fingerprint density at radius 1 is 1.26 bits per heavy atom. The molecule has 2 aromatic rings. The first kappa shape index (κ1) is 18.8. The Labute approximate surface area is 159 Å². The summed E-state index contributed by atoms with van der Waals surface area (Å²) in [5.41, 5.74) is 2.88. The van der Waals surface area contributed by atoms with Crippen molar-refractivity contribution in [2.45, 2.75) is 51.2 Å². The molecule has 1 aliphatic carbocycles. The summed E-state index contributed by atoms with van der Waals surface area (Å²) in [6, 6.07) is 13.7. The lowest BCUT2D eigenvalue weighted by Crippen LogP contribution is -2.23. The molecule has 5 heteroatoms. The van der Waals surface area contributed by atoms with Crippen molar-refractivity contribution in [2.75, 3.05) is 5.32 Å². The van der Waals surface area contributed by atoms with Crippen LogP contribution >= 0.6 is 0 Å². The van der Waals surface area contributed by atoms with Gasteiger partial charge in [-0.25, -0.2) is 4.79 Å². The number of aryl methyl sites for hydroxylation is 1. The van der Waals surface area contributed by atoms with E-state index in [0.717, 1.165) is 37.7 Å². The maximum atomic E-state index is 12.0. The molecule has 1 saturated carbocycles. The lowest BCUT2D eigenvalue weighted by Gasteiger charge is -2.22. The second-order valence-electron chi connectivity index (χ2n) is 6.85. The molecule has 1 fully saturated rings. The molecule has 3 rings (SSSR count). The van der Waals surface area contributed by atoms with Gasteiger partial charge in [0.1, 0.15) is 5.75 Å². The Hall–Kier alpha value is -3.00. The number of carbonyl (C=O) groups is 1. The smallest absolute Gasteiger partial charge is 0.330 e. The predicted octanol–water partition coefficient (Wildman–Crippen LogP) is 4.68. The van der Waals surface area contributed by atoms with Gasteiger partial charge in [0, 0.05) is 11.3 Å². The number of nitrogens with zero attached hydrogens (tertiary/aromatic N) is 1. The molecule has 0 radical (unpaired) electrons. The van der Waals surface area contributed by atoms with Gasteiger partial charge in [-0.3, -0.25) is 0 Å². The van der Waals surface area contributed by atoms with Crippen molar-refractivity contribution in [1.29, 1.82) is 5.26 Å². The number of anilines is 1. The summed E-state index contributed by atoms with van der Waals surface area (Å²) in [4.78, 5) is 12.0. The summed E-state index contributed by atoms with van der Waals surface area (Å²) >= 11 is 0. The zero-order chi connectivity index (χ0) is 19.2. The van der Waals surface area contributed by atoms with Crippen LogP contribution in [0.3, 0.4) is 0 Å². The molecular formula is C22H24N2O3. The van der Waals surface area contributed by atoms with Crippen molar-refractivity contribution < 1.29 is 14.6 Å². The van der Waals surface area contributed by atoms with E-state index in [2.05, 4.69) is 11.4 Å². The molecule has 0 aliphatic heterocycles. The zero-order valence-corrected chi connectivity index (χ0v) is 15.4. The van der Waals surface area contributed by atoms with Crippen LogP contribution in [0.5, 0.6) is 5.75 Å². The van der Waals surface area contributed by atoms with Crippen molar-refractivity contribution in [2.24, 2.45) is 0 Å². The normalized spacial score (nSPS) is 15.1. The van der Waals surface area contributed by atoms with Gasteiger partial charge in [-0.1, -0.05) is 13.0 Å². The molecule has 2 aromatic carbocycles. The van der Waals surface area contributed by atoms with Gasteiger partial charge in [-0.2, -0.15) is 5.26 Å². The van der Waals surface area contributed by atoms with E-state index in [4.69, 9.17) is 10.00 Å². The molecule has 0 heterocycles. The Morgan fingerprint density at radius 2 is 1.96 bits per heavy atom. The molecule has 0 saturated heterocycles. The minimum Gasteiger partial charge on any atom is -0.490 e. The van der Waals surface area contributed by atoms with Crippen molar-refractivity contribution in [3.05, 3.63) is 59.2 Å². The maximum Gasteiger partial charge on any atom is 0.330 e. The highest BCUT2D eigenvalue weighted by Gasteiger charge is 2.26. The molecule has 0 amide bonds. The van der Waals surface area contributed by atoms with E-state index in [0.29, 0.717) is 22.6 Å². The van der Waals surface area contributed by atoms with Crippen LogP contribution < -0.4 is 10.1 Å². The second-order valence-corrected chi connectivity index (χ2v) is 6.85. The number of hydrogen-bond donors (Lipinski definition) is 2. The van der Waals surface area contributed by atoms with E-state index in [1.807, 2.05) is 25.1 Å². The number of carboxylic acid groups (broad SMARTS) is 1. The van der Waals surface area contributed by atoms with Gasteiger partial charge in [0.25, 0.3) is 0 Å². The molecule has 140 valence electrons. The van der Waals surface area contributed by atoms with Gasteiger partial charge in [0.05, 0.1) is 17.7 Å². The van der Waals surface area contributed by atoms with Crippen LogP contribution in [0.15, 0.2) is 42.5 Å². The van der Waals surface area contributed by atoms with Gasteiger partial charge >= 0.3 is 5.97 Å². The highest BCUT2D eigenvalue weighted by Crippen LogP contribution is 2.33. The number of rotatable bonds is 7. The molecule has 27 heavy (non-hydrogen) atoms. The van der Waals surface area contributed by atoms with Crippen molar-refractivity contribution >= 4 is 11.7 Å². The van der Waals surface area contributed by atoms with E-state index in [-0.39, 0.29) is 6.10 Å². The fourth-order valence-electron chi connectivity index (χ4n) is 3.42. The number of hydrogen-bond acceptors (Lipinski definition) is 4. The Kier molecular flexibility index (Phi) is 5.97. The Bertz CT molecular complexity index is 834. The first-order valence-corrected chi connectivity index (χ1v) is 9.39. The number of aliphatic carboxylic acids is 1. The summed E-state index contributed by atoms with van der Waals surface area (Å²) in [5, 5.41) is 21.9. The first-order chi connectivity index (χ1) is 13.1. The van der Waals surface area contributed by atoms with Gasteiger partial charge in [0.2, 0.25) is 0 Å². The average Bonchev–Trinajstić information content (AvgIpc) is 3.20. The van der Waals surface area contributed by atoms with E-state index in [1.54, 1.807) is 24.3 Å². The molecule has 5 nitrogen and oxygen atoms in total. The number of ether oxygens (including phenoxy) is 1. The van der Waals surface area contributed by atoms with Gasteiger partial charge in [0.15, 0.2) is 6.04 Å². The van der Waals surface area contributed by atoms with E-state index in [1.165, 1.54) is 0 Å². The summed E-state index contributed by atoms with van der Waals surface area (Å²) in [7, 11) is 0. The molecule has 0 aromatic heterocycles. The van der Waals surface area contributed by atoms with Crippen LogP contribution in [0.1, 0.15) is 55.3 Å². The van der Waals surface area contributed by atoms with Crippen LogP contribution in [0.25, 0.3) is 0 Å².